The van der Waals surface area contributed by atoms with Crippen LogP contribution in [0.5, 0.6) is 0 Å². The fourth-order valence-electron chi connectivity index (χ4n) is 0.715. The van der Waals surface area contributed by atoms with Crippen LogP contribution in [-0.2, 0) is 6.54 Å². The molecule has 0 unspecified atom stereocenters. The van der Waals surface area contributed by atoms with E-state index in [1.54, 1.807) is 11.3 Å². The molecule has 1 aromatic rings. The molecule has 1 aromatic heterocycles. The van der Waals surface area contributed by atoms with Crippen molar-refractivity contribution < 1.29 is 9.90 Å². The van der Waals surface area contributed by atoms with Gasteiger partial charge in [0.05, 0.1) is 6.54 Å². The van der Waals surface area contributed by atoms with Gasteiger partial charge in [-0.05, 0) is 11.4 Å². The summed E-state index contributed by atoms with van der Waals surface area (Å²) in [5.74, 6) is 0. The highest BCUT2D eigenvalue weighted by Crippen LogP contribution is 2.06. The molecule has 0 aromatic carbocycles. The van der Waals surface area contributed by atoms with Gasteiger partial charge in [-0.1, -0.05) is 6.07 Å². The molecule has 0 aliphatic heterocycles. The minimum Gasteiger partial charge on any atom is -0.376 e. The zero-order valence-electron chi connectivity index (χ0n) is 6.41. The zero-order chi connectivity index (χ0) is 8.81. The Balaban J connectivity index is 2.22. The Labute approximate surface area is 74.2 Å². The summed E-state index contributed by atoms with van der Waals surface area (Å²) in [4.78, 5) is 11.8. The molecule has 3 N–H and O–H groups in total. The predicted octanol–water partition coefficient (Wildman–Crippen LogP) is 0.497. The van der Waals surface area contributed by atoms with Crippen molar-refractivity contribution in [3.63, 3.8) is 0 Å². The molecule has 0 saturated heterocycles. The van der Waals surface area contributed by atoms with Crippen molar-refractivity contribution in [3.05, 3.63) is 22.4 Å². The number of amides is 2. The highest BCUT2D eigenvalue weighted by molar-refractivity contribution is 7.09. The van der Waals surface area contributed by atoms with Gasteiger partial charge < -0.3 is 15.7 Å². The first kappa shape index (κ1) is 9.02. The van der Waals surface area contributed by atoms with Gasteiger partial charge >= 0.3 is 6.03 Å². The van der Waals surface area contributed by atoms with Crippen molar-refractivity contribution in [2.75, 3.05) is 6.73 Å². The van der Waals surface area contributed by atoms with E-state index in [4.69, 9.17) is 5.11 Å². The maximum absolute atomic E-state index is 10.8. The van der Waals surface area contributed by atoms with Crippen LogP contribution in [-0.4, -0.2) is 17.9 Å². The molecular weight excluding hydrogens is 176 g/mol. The molecule has 0 aliphatic carbocycles. The van der Waals surface area contributed by atoms with Gasteiger partial charge in [-0.15, -0.1) is 11.3 Å². The van der Waals surface area contributed by atoms with Crippen LogP contribution < -0.4 is 10.6 Å². The highest BCUT2D eigenvalue weighted by Gasteiger charge is 1.97. The van der Waals surface area contributed by atoms with Crippen LogP contribution in [0.25, 0.3) is 0 Å². The Kier molecular flexibility index (Phi) is 3.56. The Morgan fingerprint density at radius 2 is 2.42 bits per heavy atom. The molecule has 0 bridgehead atoms. The maximum Gasteiger partial charge on any atom is 0.316 e. The van der Waals surface area contributed by atoms with Crippen LogP contribution in [0.1, 0.15) is 4.88 Å². The molecule has 0 saturated carbocycles. The quantitative estimate of drug-likeness (QED) is 0.602. The number of thiophene rings is 1. The zero-order valence-corrected chi connectivity index (χ0v) is 7.23. The van der Waals surface area contributed by atoms with Gasteiger partial charge in [-0.3, -0.25) is 0 Å². The van der Waals surface area contributed by atoms with Crippen LogP contribution in [0.2, 0.25) is 0 Å². The van der Waals surface area contributed by atoms with Crippen molar-refractivity contribution in [1.82, 2.24) is 10.6 Å². The molecule has 0 radical (unpaired) electrons. The molecule has 2 amide bonds. The van der Waals surface area contributed by atoms with Crippen LogP contribution in [0.3, 0.4) is 0 Å². The third-order valence-electron chi connectivity index (χ3n) is 1.24. The molecule has 1 heterocycles. The van der Waals surface area contributed by atoms with Gasteiger partial charge in [-0.25, -0.2) is 4.79 Å². The summed E-state index contributed by atoms with van der Waals surface area (Å²) in [6, 6.07) is 3.50. The summed E-state index contributed by atoms with van der Waals surface area (Å²) >= 11 is 1.58. The fraction of sp³-hybridized carbons (Fsp3) is 0.286. The smallest absolute Gasteiger partial charge is 0.316 e. The number of rotatable bonds is 3. The van der Waals surface area contributed by atoms with E-state index < -0.39 is 0 Å². The number of urea groups is 1. The predicted molar refractivity (Wildman–Crippen MR) is 46.8 cm³/mol. The topological polar surface area (TPSA) is 61.4 Å². The van der Waals surface area contributed by atoms with Crippen LogP contribution in [0, 0.1) is 0 Å². The number of carbonyl (C=O) groups excluding carboxylic acids is 1. The average Bonchev–Trinajstić information content (AvgIpc) is 2.53. The number of hydrogen-bond acceptors (Lipinski definition) is 3. The van der Waals surface area contributed by atoms with Crippen molar-refractivity contribution in [2.24, 2.45) is 0 Å². The van der Waals surface area contributed by atoms with Crippen molar-refractivity contribution in [1.29, 1.82) is 0 Å². The molecule has 4 nitrogen and oxygen atoms in total. The molecule has 0 aliphatic rings. The maximum atomic E-state index is 10.8. The average molecular weight is 186 g/mol. The fourth-order valence-corrected chi connectivity index (χ4v) is 1.36. The van der Waals surface area contributed by atoms with Gasteiger partial charge in [0.2, 0.25) is 0 Å². The summed E-state index contributed by atoms with van der Waals surface area (Å²) in [6.45, 7) is 0.166. The van der Waals surface area contributed by atoms with Gasteiger partial charge in [0.25, 0.3) is 0 Å². The largest absolute Gasteiger partial charge is 0.376 e. The van der Waals surface area contributed by atoms with E-state index in [9.17, 15) is 4.79 Å². The Morgan fingerprint density at radius 3 is 3.00 bits per heavy atom. The lowest BCUT2D eigenvalue weighted by molar-refractivity contribution is 0.217. The van der Waals surface area contributed by atoms with Gasteiger partial charge in [0, 0.05) is 4.88 Å². The number of aliphatic hydroxyl groups is 1. The Bertz CT molecular complexity index is 236. The molecule has 0 atom stereocenters. The third-order valence-corrected chi connectivity index (χ3v) is 2.12. The monoisotopic (exact) mass is 186 g/mol. The second-order valence-corrected chi connectivity index (χ2v) is 3.13. The molecule has 1 rings (SSSR count). The number of nitrogens with one attached hydrogen (secondary N) is 2. The van der Waals surface area contributed by atoms with Crippen LogP contribution in [0.4, 0.5) is 4.79 Å². The molecule has 0 spiro atoms. The Hall–Kier alpha value is -1.07. The highest BCUT2D eigenvalue weighted by atomic mass is 32.1. The van der Waals surface area contributed by atoms with E-state index in [0.717, 1.165) is 4.88 Å². The van der Waals surface area contributed by atoms with E-state index >= 15 is 0 Å². The summed E-state index contributed by atoms with van der Waals surface area (Å²) in [5.41, 5.74) is 0. The van der Waals surface area contributed by atoms with E-state index in [-0.39, 0.29) is 12.8 Å². The molecule has 66 valence electrons. The normalized spacial score (nSPS) is 9.42. The number of carbonyl (C=O) groups is 1. The van der Waals surface area contributed by atoms with Gasteiger partial charge in [0.1, 0.15) is 6.73 Å². The number of aliphatic hydroxyl groups excluding tert-OH is 1. The SMILES string of the molecule is O=C(NCO)NCc1cccs1. The lowest BCUT2D eigenvalue weighted by Crippen LogP contribution is -2.35. The van der Waals surface area contributed by atoms with Crippen LogP contribution >= 0.6 is 11.3 Å². The molecule has 0 fully saturated rings. The van der Waals surface area contributed by atoms with Crippen LogP contribution in [0.15, 0.2) is 17.5 Å². The van der Waals surface area contributed by atoms with E-state index in [0.29, 0.717) is 6.54 Å². The molecule has 5 heteroatoms. The van der Waals surface area contributed by atoms with E-state index in [1.165, 1.54) is 0 Å². The van der Waals surface area contributed by atoms with Gasteiger partial charge in [0.15, 0.2) is 0 Å². The standard InChI is InChI=1S/C7H10N2O2S/c10-5-9-7(11)8-4-6-2-1-3-12-6/h1-3,10H,4-5H2,(H2,8,9,11). The second kappa shape index (κ2) is 4.74. The summed E-state index contributed by atoms with van der Waals surface area (Å²) < 4.78 is 0. The minimum absolute atomic E-state index is 0.337. The minimum atomic E-state index is -0.356. The lowest BCUT2D eigenvalue weighted by Gasteiger charge is -2.02. The first-order valence-corrected chi connectivity index (χ1v) is 4.36. The van der Waals surface area contributed by atoms with Gasteiger partial charge in [-0.2, -0.15) is 0 Å². The first-order chi connectivity index (χ1) is 5.83. The second-order valence-electron chi connectivity index (χ2n) is 2.10. The first-order valence-electron chi connectivity index (χ1n) is 3.48. The third kappa shape index (κ3) is 2.89. The number of hydrogen-bond donors (Lipinski definition) is 3. The van der Waals surface area contributed by atoms with Crippen molar-refractivity contribution in [2.45, 2.75) is 6.54 Å². The summed E-state index contributed by atoms with van der Waals surface area (Å²) in [7, 11) is 0. The van der Waals surface area contributed by atoms with E-state index in [1.807, 2.05) is 17.5 Å². The van der Waals surface area contributed by atoms with Crippen molar-refractivity contribution in [3.8, 4) is 0 Å². The van der Waals surface area contributed by atoms with Crippen molar-refractivity contribution >= 4 is 17.4 Å². The summed E-state index contributed by atoms with van der Waals surface area (Å²) in [5, 5.41) is 15.1. The summed E-state index contributed by atoms with van der Waals surface area (Å²) in [6.07, 6.45) is 0. The molecule has 12 heavy (non-hydrogen) atoms. The van der Waals surface area contributed by atoms with E-state index in [2.05, 4.69) is 10.6 Å². The molecular formula is C7H10N2O2S. The Morgan fingerprint density at radius 1 is 1.58 bits per heavy atom. The lowest BCUT2D eigenvalue weighted by atomic mass is 10.5.